The first-order valence-electron chi connectivity index (χ1n) is 5.62. The summed E-state index contributed by atoms with van der Waals surface area (Å²) >= 11 is 2.24. The maximum Gasteiger partial charge on any atom is 0.412 e. The van der Waals surface area contributed by atoms with Crippen molar-refractivity contribution in [1.82, 2.24) is 4.98 Å². The lowest BCUT2D eigenvalue weighted by Gasteiger charge is -2.19. The van der Waals surface area contributed by atoms with Gasteiger partial charge in [-0.05, 0) is 61.6 Å². The van der Waals surface area contributed by atoms with Crippen molar-refractivity contribution in [2.45, 2.75) is 26.4 Å². The fourth-order valence-electron chi connectivity index (χ4n) is 1.61. The van der Waals surface area contributed by atoms with Crippen molar-refractivity contribution in [3.8, 4) is 0 Å². The lowest BCUT2D eigenvalue weighted by molar-refractivity contribution is 0.0636. The lowest BCUT2D eigenvalue weighted by atomic mass is 10.2. The van der Waals surface area contributed by atoms with E-state index in [1.54, 1.807) is 6.20 Å². The second-order valence-electron chi connectivity index (χ2n) is 5.02. The predicted molar refractivity (Wildman–Crippen MR) is 80.9 cm³/mol. The molecule has 0 aliphatic carbocycles. The number of rotatable bonds is 1. The summed E-state index contributed by atoms with van der Waals surface area (Å²) in [6, 6.07) is 6.01. The largest absolute Gasteiger partial charge is 0.444 e. The third-order valence-electron chi connectivity index (χ3n) is 2.28. The predicted octanol–water partition coefficient (Wildman–Crippen LogP) is 4.12. The molecule has 4 nitrogen and oxygen atoms in total. The van der Waals surface area contributed by atoms with E-state index in [9.17, 15) is 4.79 Å². The van der Waals surface area contributed by atoms with E-state index in [0.29, 0.717) is 0 Å². The number of aromatic amines is 1. The highest BCUT2D eigenvalue weighted by Crippen LogP contribution is 2.25. The van der Waals surface area contributed by atoms with E-state index < -0.39 is 11.7 Å². The van der Waals surface area contributed by atoms with Gasteiger partial charge in [-0.25, -0.2) is 4.79 Å². The Balaban J connectivity index is 2.22. The number of benzene rings is 1. The number of carbonyl (C=O) groups excluding carboxylic acids is 1. The summed E-state index contributed by atoms with van der Waals surface area (Å²) in [4.78, 5) is 14.8. The molecule has 0 fully saturated rings. The average molecular weight is 358 g/mol. The molecule has 0 atom stereocenters. The number of hydrogen-bond acceptors (Lipinski definition) is 2. The van der Waals surface area contributed by atoms with E-state index in [-0.39, 0.29) is 0 Å². The number of halogens is 1. The zero-order chi connectivity index (χ0) is 13.3. The summed E-state index contributed by atoms with van der Waals surface area (Å²) in [5.74, 6) is 0. The second-order valence-corrected chi connectivity index (χ2v) is 6.26. The van der Waals surface area contributed by atoms with Crippen LogP contribution in [-0.4, -0.2) is 16.7 Å². The molecule has 1 aromatic carbocycles. The molecule has 2 rings (SSSR count). The van der Waals surface area contributed by atoms with Crippen LogP contribution >= 0.6 is 22.6 Å². The van der Waals surface area contributed by atoms with Crippen molar-refractivity contribution in [1.29, 1.82) is 0 Å². The zero-order valence-electron chi connectivity index (χ0n) is 10.5. The van der Waals surface area contributed by atoms with Crippen LogP contribution in [0.3, 0.4) is 0 Å². The van der Waals surface area contributed by atoms with Gasteiger partial charge >= 0.3 is 6.09 Å². The summed E-state index contributed by atoms with van der Waals surface area (Å²) in [7, 11) is 0. The van der Waals surface area contributed by atoms with E-state index in [1.807, 2.05) is 39.0 Å². The van der Waals surface area contributed by atoms with E-state index in [4.69, 9.17) is 4.74 Å². The monoisotopic (exact) mass is 358 g/mol. The molecule has 2 aromatic rings. The van der Waals surface area contributed by atoms with Gasteiger partial charge in [-0.2, -0.15) is 0 Å². The minimum atomic E-state index is -0.495. The third kappa shape index (κ3) is 3.16. The Labute approximate surface area is 119 Å². The fraction of sp³-hybridized carbons (Fsp3) is 0.308. The minimum Gasteiger partial charge on any atom is -0.444 e. The Morgan fingerprint density at radius 1 is 1.39 bits per heavy atom. The second kappa shape index (κ2) is 4.79. The molecule has 0 spiro atoms. The zero-order valence-corrected chi connectivity index (χ0v) is 12.7. The molecule has 0 bridgehead atoms. The van der Waals surface area contributed by atoms with Crippen LogP contribution in [0.4, 0.5) is 10.5 Å². The topological polar surface area (TPSA) is 54.1 Å². The van der Waals surface area contributed by atoms with Gasteiger partial charge in [-0.3, -0.25) is 5.32 Å². The van der Waals surface area contributed by atoms with Gasteiger partial charge in [0.1, 0.15) is 5.60 Å². The van der Waals surface area contributed by atoms with Gasteiger partial charge < -0.3 is 9.72 Å². The van der Waals surface area contributed by atoms with Crippen LogP contribution in [0.15, 0.2) is 24.4 Å². The molecule has 5 heteroatoms. The van der Waals surface area contributed by atoms with Crippen LogP contribution in [0.2, 0.25) is 0 Å². The summed E-state index contributed by atoms with van der Waals surface area (Å²) in [6.07, 6.45) is 1.33. The van der Waals surface area contributed by atoms with Crippen molar-refractivity contribution in [3.63, 3.8) is 0 Å². The molecule has 0 radical (unpaired) electrons. The maximum atomic E-state index is 11.7. The van der Waals surface area contributed by atoms with Gasteiger partial charge in [-0.1, -0.05) is 0 Å². The van der Waals surface area contributed by atoms with E-state index in [1.165, 1.54) is 0 Å². The van der Waals surface area contributed by atoms with Gasteiger partial charge in [0, 0.05) is 20.7 Å². The molecule has 0 aliphatic rings. The van der Waals surface area contributed by atoms with E-state index in [0.717, 1.165) is 20.2 Å². The van der Waals surface area contributed by atoms with Gasteiger partial charge in [0.15, 0.2) is 0 Å². The molecular formula is C13H15IN2O2. The molecule has 96 valence electrons. The van der Waals surface area contributed by atoms with Crippen LogP contribution in [0.1, 0.15) is 20.8 Å². The van der Waals surface area contributed by atoms with E-state index >= 15 is 0 Å². The Hall–Kier alpha value is -1.24. The smallest absolute Gasteiger partial charge is 0.412 e. The first kappa shape index (κ1) is 13.2. The molecule has 2 N–H and O–H groups in total. The van der Waals surface area contributed by atoms with Crippen LogP contribution in [0.5, 0.6) is 0 Å². The molecule has 0 aliphatic heterocycles. The number of aromatic nitrogens is 1. The van der Waals surface area contributed by atoms with Crippen molar-refractivity contribution in [2.24, 2.45) is 0 Å². The van der Waals surface area contributed by atoms with Gasteiger partial charge in [0.25, 0.3) is 0 Å². The summed E-state index contributed by atoms with van der Waals surface area (Å²) in [5.41, 5.74) is 1.23. The third-order valence-corrected chi connectivity index (χ3v) is 2.95. The Morgan fingerprint density at radius 2 is 2.11 bits per heavy atom. The highest BCUT2D eigenvalue weighted by molar-refractivity contribution is 14.1. The first-order chi connectivity index (χ1) is 8.35. The normalized spacial score (nSPS) is 11.6. The van der Waals surface area contributed by atoms with Crippen molar-refractivity contribution >= 4 is 45.3 Å². The summed E-state index contributed by atoms with van der Waals surface area (Å²) in [5, 5.41) is 3.73. The molecule has 1 aromatic heterocycles. The number of fused-ring (bicyclic) bond motifs is 1. The number of anilines is 1. The molecule has 0 unspecified atom stereocenters. The SMILES string of the molecule is CC(C)(C)OC(=O)Nc1c[nH]c2ccc(I)cc12. The fourth-order valence-corrected chi connectivity index (χ4v) is 2.10. The summed E-state index contributed by atoms with van der Waals surface area (Å²) < 4.78 is 6.34. The molecule has 1 heterocycles. The standard InChI is InChI=1S/C13H15IN2O2/c1-13(2,3)18-12(17)16-11-7-15-10-5-4-8(14)6-9(10)11/h4-7,15H,1-3H3,(H,16,17). The highest BCUT2D eigenvalue weighted by Gasteiger charge is 2.17. The van der Waals surface area contributed by atoms with Gasteiger partial charge in [0.05, 0.1) is 5.69 Å². The van der Waals surface area contributed by atoms with Crippen LogP contribution in [0.25, 0.3) is 10.9 Å². The Kier molecular flexibility index (Phi) is 3.52. The molecule has 18 heavy (non-hydrogen) atoms. The van der Waals surface area contributed by atoms with E-state index in [2.05, 4.69) is 32.9 Å². The number of H-pyrrole nitrogens is 1. The first-order valence-corrected chi connectivity index (χ1v) is 6.70. The van der Waals surface area contributed by atoms with Crippen molar-refractivity contribution in [2.75, 3.05) is 5.32 Å². The molecule has 1 amide bonds. The molecular weight excluding hydrogens is 343 g/mol. The quantitative estimate of drug-likeness (QED) is 0.754. The maximum absolute atomic E-state index is 11.7. The minimum absolute atomic E-state index is 0.442. The number of carbonyl (C=O) groups is 1. The van der Waals surface area contributed by atoms with Gasteiger partial charge in [0.2, 0.25) is 0 Å². The lowest BCUT2D eigenvalue weighted by Crippen LogP contribution is -2.27. The highest BCUT2D eigenvalue weighted by atomic mass is 127. The number of ether oxygens (including phenoxy) is 1. The Morgan fingerprint density at radius 3 is 2.78 bits per heavy atom. The number of nitrogens with one attached hydrogen (secondary N) is 2. The van der Waals surface area contributed by atoms with Crippen LogP contribution in [-0.2, 0) is 4.74 Å². The van der Waals surface area contributed by atoms with Crippen LogP contribution in [0, 0.1) is 3.57 Å². The van der Waals surface area contributed by atoms with Gasteiger partial charge in [-0.15, -0.1) is 0 Å². The number of hydrogen-bond donors (Lipinski definition) is 2. The molecule has 0 saturated heterocycles. The number of amides is 1. The summed E-state index contributed by atoms with van der Waals surface area (Å²) in [6.45, 7) is 5.51. The Bertz CT molecular complexity index is 584. The van der Waals surface area contributed by atoms with Crippen molar-refractivity contribution in [3.05, 3.63) is 28.0 Å². The van der Waals surface area contributed by atoms with Crippen LogP contribution < -0.4 is 5.32 Å². The average Bonchev–Trinajstić information content (AvgIpc) is 2.58. The molecule has 0 saturated carbocycles. The van der Waals surface area contributed by atoms with Crippen molar-refractivity contribution < 1.29 is 9.53 Å².